The molecule has 35 heavy (non-hydrogen) atoms. The summed E-state index contributed by atoms with van der Waals surface area (Å²) in [6.45, 7) is 0.864. The number of furan rings is 1. The minimum Gasteiger partial charge on any atom is -0.492 e. The van der Waals surface area contributed by atoms with Crippen molar-refractivity contribution in [1.29, 1.82) is 0 Å². The number of carbonyl (C=O) groups is 3. The lowest BCUT2D eigenvalue weighted by Crippen LogP contribution is -2.53. The molecule has 8 nitrogen and oxygen atoms in total. The van der Waals surface area contributed by atoms with Crippen molar-refractivity contribution in [3.63, 3.8) is 0 Å². The van der Waals surface area contributed by atoms with E-state index >= 15 is 0 Å². The Morgan fingerprint density at radius 3 is 2.57 bits per heavy atom. The van der Waals surface area contributed by atoms with Crippen LogP contribution in [0.2, 0.25) is 5.02 Å². The van der Waals surface area contributed by atoms with E-state index in [1.807, 2.05) is 35.0 Å². The van der Waals surface area contributed by atoms with Gasteiger partial charge in [-0.15, -0.1) is 0 Å². The van der Waals surface area contributed by atoms with Crippen molar-refractivity contribution < 1.29 is 23.5 Å². The van der Waals surface area contributed by atoms with Crippen LogP contribution < -0.4 is 10.1 Å². The fraction of sp³-hybridized carbons (Fsp3) is 0.115. The van der Waals surface area contributed by atoms with Crippen LogP contribution in [0.3, 0.4) is 0 Å². The number of urea groups is 1. The normalized spacial score (nSPS) is 15.2. The smallest absolute Gasteiger partial charge is 0.331 e. The predicted octanol–water partition coefficient (Wildman–Crippen LogP) is 4.63. The summed E-state index contributed by atoms with van der Waals surface area (Å²) in [5.74, 6) is -0.282. The third-order valence-corrected chi connectivity index (χ3v) is 5.87. The first-order valence-corrected chi connectivity index (χ1v) is 11.2. The summed E-state index contributed by atoms with van der Waals surface area (Å²) in [6, 6.07) is 17.3. The molecular formula is C26H20ClN3O5. The van der Waals surface area contributed by atoms with Gasteiger partial charge in [-0.1, -0.05) is 29.8 Å². The predicted molar refractivity (Wildman–Crippen MR) is 130 cm³/mol. The first-order valence-electron chi connectivity index (χ1n) is 10.9. The number of rotatable bonds is 7. The number of fused-ring (bicyclic) bond motifs is 1. The molecular weight excluding hydrogens is 470 g/mol. The minimum absolute atomic E-state index is 0.0773. The van der Waals surface area contributed by atoms with Gasteiger partial charge in [0, 0.05) is 27.7 Å². The maximum atomic E-state index is 13.1. The molecule has 1 aliphatic rings. The van der Waals surface area contributed by atoms with Gasteiger partial charge >= 0.3 is 6.03 Å². The van der Waals surface area contributed by atoms with Gasteiger partial charge in [0.1, 0.15) is 23.7 Å². The number of nitrogens with zero attached hydrogens (tertiary/aromatic N) is 2. The maximum absolute atomic E-state index is 13.1. The van der Waals surface area contributed by atoms with E-state index in [2.05, 4.69) is 5.32 Å². The van der Waals surface area contributed by atoms with Gasteiger partial charge in [-0.25, -0.2) is 4.79 Å². The molecule has 0 unspecified atom stereocenters. The topological polar surface area (TPSA) is 93.8 Å². The van der Waals surface area contributed by atoms with Crippen LogP contribution >= 0.6 is 11.6 Å². The number of aromatic nitrogens is 1. The summed E-state index contributed by atoms with van der Waals surface area (Å²) in [5.41, 5.74) is 1.47. The average molecular weight is 490 g/mol. The molecule has 176 valence electrons. The second kappa shape index (κ2) is 9.52. The Balaban J connectivity index is 1.41. The third kappa shape index (κ3) is 4.69. The molecule has 0 aliphatic carbocycles. The second-order valence-electron chi connectivity index (χ2n) is 7.89. The Labute approximate surface area is 205 Å². The molecule has 1 saturated heterocycles. The van der Waals surface area contributed by atoms with Crippen molar-refractivity contribution in [2.24, 2.45) is 0 Å². The first kappa shape index (κ1) is 22.5. The molecule has 4 aromatic rings. The van der Waals surface area contributed by atoms with E-state index in [-0.39, 0.29) is 12.1 Å². The molecule has 2 aromatic carbocycles. The summed E-state index contributed by atoms with van der Waals surface area (Å²) >= 11 is 5.92. The molecule has 0 saturated carbocycles. The molecule has 9 heteroatoms. The van der Waals surface area contributed by atoms with Crippen molar-refractivity contribution in [1.82, 2.24) is 14.8 Å². The van der Waals surface area contributed by atoms with Gasteiger partial charge in [0.25, 0.3) is 11.8 Å². The van der Waals surface area contributed by atoms with E-state index in [1.165, 1.54) is 12.3 Å². The molecule has 4 amide bonds. The molecule has 0 spiro atoms. The average Bonchev–Trinajstić information content (AvgIpc) is 3.49. The number of carbonyl (C=O) groups excluding carboxylic acids is 3. The highest BCUT2D eigenvalue weighted by molar-refractivity contribution is 6.31. The van der Waals surface area contributed by atoms with E-state index in [4.69, 9.17) is 20.8 Å². The van der Waals surface area contributed by atoms with Crippen molar-refractivity contribution >= 4 is 46.4 Å². The van der Waals surface area contributed by atoms with Crippen LogP contribution in [0.25, 0.3) is 17.0 Å². The van der Waals surface area contributed by atoms with Crippen molar-refractivity contribution in [3.8, 4) is 5.75 Å². The molecule has 0 atom stereocenters. The lowest BCUT2D eigenvalue weighted by Gasteiger charge is -2.25. The Morgan fingerprint density at radius 2 is 1.80 bits per heavy atom. The molecule has 1 fully saturated rings. The van der Waals surface area contributed by atoms with Crippen LogP contribution in [0.1, 0.15) is 11.3 Å². The minimum atomic E-state index is -0.782. The zero-order chi connectivity index (χ0) is 24.4. The lowest BCUT2D eigenvalue weighted by atomic mass is 10.1. The van der Waals surface area contributed by atoms with E-state index in [0.29, 0.717) is 35.2 Å². The second-order valence-corrected chi connectivity index (χ2v) is 8.32. The fourth-order valence-electron chi connectivity index (χ4n) is 3.92. The molecule has 5 rings (SSSR count). The van der Waals surface area contributed by atoms with Crippen molar-refractivity contribution in [3.05, 3.63) is 95.0 Å². The summed E-state index contributed by atoms with van der Waals surface area (Å²) in [4.78, 5) is 38.9. The number of nitrogens with one attached hydrogen (secondary N) is 1. The van der Waals surface area contributed by atoms with Crippen molar-refractivity contribution in [2.45, 2.75) is 13.1 Å². The van der Waals surface area contributed by atoms with Gasteiger partial charge in [-0.05, 0) is 48.5 Å². The monoisotopic (exact) mass is 489 g/mol. The van der Waals surface area contributed by atoms with E-state index in [0.717, 1.165) is 15.8 Å². The number of imide groups is 2. The fourth-order valence-corrected chi connectivity index (χ4v) is 4.05. The summed E-state index contributed by atoms with van der Waals surface area (Å²) in [7, 11) is 0. The van der Waals surface area contributed by atoms with Gasteiger partial charge in [-0.2, -0.15) is 0 Å². The zero-order valence-electron chi connectivity index (χ0n) is 18.4. The van der Waals surface area contributed by atoms with E-state index < -0.39 is 17.8 Å². The largest absolute Gasteiger partial charge is 0.492 e. The number of benzene rings is 2. The van der Waals surface area contributed by atoms with Crippen LogP contribution in [0.4, 0.5) is 4.79 Å². The molecule has 2 aromatic heterocycles. The summed E-state index contributed by atoms with van der Waals surface area (Å²) < 4.78 is 13.1. The Kier molecular flexibility index (Phi) is 6.12. The SMILES string of the molecule is O=C1NC(=O)N(Cc2ccco2)C(=O)/C1=C\c1cn(CCOc2ccc(Cl)cc2)c2ccccc12. The van der Waals surface area contributed by atoms with Gasteiger partial charge in [0.15, 0.2) is 0 Å². The number of para-hydroxylation sites is 1. The summed E-state index contributed by atoms with van der Waals surface area (Å²) in [6.07, 6.45) is 4.82. The zero-order valence-corrected chi connectivity index (χ0v) is 19.2. The molecule has 1 N–H and O–H groups in total. The van der Waals surface area contributed by atoms with Gasteiger partial charge in [0.05, 0.1) is 19.4 Å². The summed E-state index contributed by atoms with van der Waals surface area (Å²) in [5, 5.41) is 3.73. The number of barbiturate groups is 1. The van der Waals surface area contributed by atoms with Crippen LogP contribution in [0.15, 0.2) is 83.1 Å². The molecule has 1 aliphatic heterocycles. The van der Waals surface area contributed by atoms with Crippen LogP contribution in [-0.4, -0.2) is 33.9 Å². The highest BCUT2D eigenvalue weighted by atomic mass is 35.5. The van der Waals surface area contributed by atoms with Crippen molar-refractivity contribution in [2.75, 3.05) is 6.61 Å². The Morgan fingerprint density at radius 1 is 1.00 bits per heavy atom. The van der Waals surface area contributed by atoms with Crippen LogP contribution in [0.5, 0.6) is 5.75 Å². The maximum Gasteiger partial charge on any atom is 0.331 e. The number of hydrogen-bond donors (Lipinski definition) is 1. The highest BCUT2D eigenvalue weighted by Crippen LogP contribution is 2.26. The quantitative estimate of drug-likeness (QED) is 0.302. The van der Waals surface area contributed by atoms with Gasteiger partial charge < -0.3 is 13.7 Å². The molecule has 0 radical (unpaired) electrons. The first-order chi connectivity index (χ1) is 17.0. The van der Waals surface area contributed by atoms with Gasteiger partial charge in [0.2, 0.25) is 0 Å². The van der Waals surface area contributed by atoms with E-state index in [9.17, 15) is 14.4 Å². The Hall–Kier alpha value is -4.30. The number of halogens is 1. The number of hydrogen-bond acceptors (Lipinski definition) is 5. The van der Waals surface area contributed by atoms with Crippen LogP contribution in [-0.2, 0) is 22.7 Å². The Bertz CT molecular complexity index is 1440. The third-order valence-electron chi connectivity index (χ3n) is 5.61. The highest BCUT2D eigenvalue weighted by Gasteiger charge is 2.36. The van der Waals surface area contributed by atoms with Crippen LogP contribution in [0, 0.1) is 0 Å². The van der Waals surface area contributed by atoms with Gasteiger partial charge in [-0.3, -0.25) is 19.8 Å². The molecule has 0 bridgehead atoms. The molecule has 3 heterocycles. The standard InChI is InChI=1S/C26H20ClN3O5/c27-18-7-9-19(10-8-18)35-13-11-29-15-17(21-5-1-2-6-23(21)29)14-22-24(31)28-26(33)30(25(22)32)16-20-4-3-12-34-20/h1-10,12,14-15H,11,13,16H2,(H,28,31,33)/b22-14-. The lowest BCUT2D eigenvalue weighted by molar-refractivity contribution is -0.130. The number of ether oxygens (including phenoxy) is 1. The van der Waals surface area contributed by atoms with E-state index in [1.54, 1.807) is 36.4 Å². The number of amides is 4.